The molecule has 4 rings (SSSR count). The molecule has 2 aromatic heterocycles. The summed E-state index contributed by atoms with van der Waals surface area (Å²) in [6.45, 7) is -0.321. The molecule has 32 heavy (non-hydrogen) atoms. The highest BCUT2D eigenvalue weighted by Crippen LogP contribution is 2.20. The van der Waals surface area contributed by atoms with Crippen molar-refractivity contribution < 1.29 is 9.53 Å². The van der Waals surface area contributed by atoms with Gasteiger partial charge in [-0.25, -0.2) is 14.8 Å². The van der Waals surface area contributed by atoms with Crippen molar-refractivity contribution in [2.24, 2.45) is 7.05 Å². The van der Waals surface area contributed by atoms with Gasteiger partial charge in [-0.1, -0.05) is 25.7 Å². The maximum absolute atomic E-state index is 13.0. The summed E-state index contributed by atoms with van der Waals surface area (Å²) in [6.07, 6.45) is 7.78. The van der Waals surface area contributed by atoms with Gasteiger partial charge in [0.25, 0.3) is 5.56 Å². The number of amides is 1. The van der Waals surface area contributed by atoms with Crippen molar-refractivity contribution in [3.05, 3.63) is 51.3 Å². The molecule has 3 aromatic rings. The quantitative estimate of drug-likeness (QED) is 0.612. The van der Waals surface area contributed by atoms with Crippen molar-refractivity contribution in [3.8, 4) is 17.1 Å². The number of nitrogens with zero attached hydrogens (tertiary/aromatic N) is 4. The number of carbonyl (C=O) groups is 1. The Morgan fingerprint density at radius 1 is 1.12 bits per heavy atom. The van der Waals surface area contributed by atoms with E-state index < -0.39 is 11.2 Å². The number of benzene rings is 1. The number of carbonyl (C=O) groups excluding carboxylic acids is 1. The average molecular weight is 438 g/mol. The van der Waals surface area contributed by atoms with Crippen LogP contribution >= 0.6 is 0 Å². The zero-order valence-corrected chi connectivity index (χ0v) is 18.3. The molecule has 0 spiro atoms. The van der Waals surface area contributed by atoms with Gasteiger partial charge in [0.1, 0.15) is 17.7 Å². The molecule has 1 N–H and O–H groups in total. The summed E-state index contributed by atoms with van der Waals surface area (Å²) in [4.78, 5) is 47.2. The number of hydrogen-bond acceptors (Lipinski definition) is 6. The van der Waals surface area contributed by atoms with E-state index in [9.17, 15) is 14.4 Å². The van der Waals surface area contributed by atoms with E-state index in [0.29, 0.717) is 11.6 Å². The van der Waals surface area contributed by atoms with E-state index in [1.165, 1.54) is 30.7 Å². The van der Waals surface area contributed by atoms with Crippen molar-refractivity contribution in [2.75, 3.05) is 7.11 Å². The van der Waals surface area contributed by atoms with Crippen molar-refractivity contribution in [2.45, 2.75) is 51.1 Å². The van der Waals surface area contributed by atoms with Crippen LogP contribution < -0.4 is 21.3 Å². The highest BCUT2D eigenvalue weighted by molar-refractivity contribution is 5.78. The van der Waals surface area contributed by atoms with Gasteiger partial charge in [0, 0.05) is 24.8 Å². The van der Waals surface area contributed by atoms with Gasteiger partial charge in [0.2, 0.25) is 5.91 Å². The Morgan fingerprint density at radius 3 is 2.47 bits per heavy atom. The summed E-state index contributed by atoms with van der Waals surface area (Å²) in [6, 6.07) is 7.27. The molecule has 1 fully saturated rings. The fraction of sp³-hybridized carbons (Fsp3) is 0.435. The van der Waals surface area contributed by atoms with Crippen molar-refractivity contribution >= 4 is 16.9 Å². The van der Waals surface area contributed by atoms with Gasteiger partial charge in [0.15, 0.2) is 11.5 Å². The predicted molar refractivity (Wildman–Crippen MR) is 121 cm³/mol. The Labute approximate surface area is 185 Å². The highest BCUT2D eigenvalue weighted by atomic mass is 16.5. The summed E-state index contributed by atoms with van der Waals surface area (Å²) in [5.74, 6) is 0.761. The molecule has 0 bridgehead atoms. The van der Waals surface area contributed by atoms with Gasteiger partial charge < -0.3 is 10.1 Å². The topological polar surface area (TPSA) is 108 Å². The van der Waals surface area contributed by atoms with Crippen LogP contribution in [0.25, 0.3) is 22.4 Å². The smallest absolute Gasteiger partial charge is 0.332 e. The molecule has 1 saturated carbocycles. The van der Waals surface area contributed by atoms with Crippen LogP contribution in [0.2, 0.25) is 0 Å². The fourth-order valence-corrected chi connectivity index (χ4v) is 4.14. The van der Waals surface area contributed by atoms with E-state index in [-0.39, 0.29) is 29.5 Å². The number of aryl methyl sites for hydroxylation is 1. The van der Waals surface area contributed by atoms with E-state index in [1.54, 1.807) is 31.4 Å². The first-order valence-electron chi connectivity index (χ1n) is 10.9. The third kappa shape index (κ3) is 4.42. The number of nitrogens with one attached hydrogen (secondary N) is 1. The Balaban J connectivity index is 1.64. The number of hydrogen-bond donors (Lipinski definition) is 1. The lowest BCUT2D eigenvalue weighted by molar-refractivity contribution is -0.122. The molecule has 0 aliphatic heterocycles. The molecule has 1 aromatic carbocycles. The number of aromatic nitrogens is 4. The summed E-state index contributed by atoms with van der Waals surface area (Å²) >= 11 is 0. The molecule has 0 saturated heterocycles. The molecule has 1 aliphatic rings. The molecule has 0 unspecified atom stereocenters. The molecular formula is C23H27N5O4. The number of fused-ring (bicyclic) bond motifs is 1. The predicted octanol–water partition coefficient (Wildman–Crippen LogP) is 2.00. The SMILES string of the molecule is COc1ccc(-c2ncc3c(=O)n(CC(=O)NC4CCCCCC4)c(=O)n(C)c3n2)cc1. The Hall–Kier alpha value is -3.49. The Bertz CT molecular complexity index is 1240. The molecule has 9 heteroatoms. The van der Waals surface area contributed by atoms with Crippen LogP contribution in [0.1, 0.15) is 38.5 Å². The van der Waals surface area contributed by atoms with E-state index in [1.807, 2.05) is 0 Å². The zero-order chi connectivity index (χ0) is 22.7. The Morgan fingerprint density at radius 2 is 1.81 bits per heavy atom. The van der Waals surface area contributed by atoms with Crippen LogP contribution in [0, 0.1) is 0 Å². The van der Waals surface area contributed by atoms with Crippen LogP contribution in [-0.2, 0) is 18.4 Å². The van der Waals surface area contributed by atoms with Gasteiger partial charge in [-0.2, -0.15) is 0 Å². The summed E-state index contributed by atoms with van der Waals surface area (Å²) in [7, 11) is 3.12. The first kappa shape index (κ1) is 21.7. The minimum atomic E-state index is -0.585. The number of methoxy groups -OCH3 is 1. The summed E-state index contributed by atoms with van der Waals surface area (Å²) < 4.78 is 7.39. The zero-order valence-electron chi connectivity index (χ0n) is 18.3. The first-order valence-corrected chi connectivity index (χ1v) is 10.9. The van der Waals surface area contributed by atoms with Gasteiger partial charge in [-0.05, 0) is 37.1 Å². The van der Waals surface area contributed by atoms with Gasteiger partial charge in [-0.3, -0.25) is 18.7 Å². The maximum atomic E-state index is 13.0. The van der Waals surface area contributed by atoms with Gasteiger partial charge in [-0.15, -0.1) is 0 Å². The minimum Gasteiger partial charge on any atom is -0.497 e. The van der Waals surface area contributed by atoms with Crippen LogP contribution in [-0.4, -0.2) is 38.2 Å². The second-order valence-corrected chi connectivity index (χ2v) is 8.15. The normalized spacial score (nSPS) is 14.8. The standard InChI is InChI=1S/C23H27N5O4/c1-27-21-18(13-24-20(26-21)15-9-11-17(32-2)12-10-15)22(30)28(23(27)31)14-19(29)25-16-7-5-3-4-6-8-16/h9-13,16H,3-8,14H2,1-2H3,(H,25,29). The minimum absolute atomic E-state index is 0.0976. The molecule has 2 heterocycles. The third-order valence-electron chi connectivity index (χ3n) is 5.95. The lowest BCUT2D eigenvalue weighted by Gasteiger charge is -2.17. The maximum Gasteiger partial charge on any atom is 0.332 e. The molecule has 0 atom stereocenters. The van der Waals surface area contributed by atoms with Crippen LogP contribution in [0.4, 0.5) is 0 Å². The monoisotopic (exact) mass is 437 g/mol. The Kier molecular flexibility index (Phi) is 6.34. The molecule has 9 nitrogen and oxygen atoms in total. The summed E-state index contributed by atoms with van der Waals surface area (Å²) in [5.41, 5.74) is -0.202. The molecule has 168 valence electrons. The van der Waals surface area contributed by atoms with Crippen LogP contribution in [0.5, 0.6) is 5.75 Å². The van der Waals surface area contributed by atoms with E-state index in [0.717, 1.165) is 35.8 Å². The lowest BCUT2D eigenvalue weighted by Crippen LogP contribution is -2.45. The summed E-state index contributed by atoms with van der Waals surface area (Å²) in [5, 5.41) is 3.17. The van der Waals surface area contributed by atoms with E-state index in [4.69, 9.17) is 4.74 Å². The molecule has 1 aliphatic carbocycles. The molecule has 1 amide bonds. The van der Waals surface area contributed by atoms with Crippen molar-refractivity contribution in [1.82, 2.24) is 24.4 Å². The fourth-order valence-electron chi connectivity index (χ4n) is 4.14. The van der Waals surface area contributed by atoms with E-state index >= 15 is 0 Å². The second kappa shape index (κ2) is 9.33. The second-order valence-electron chi connectivity index (χ2n) is 8.15. The van der Waals surface area contributed by atoms with Crippen LogP contribution in [0.3, 0.4) is 0 Å². The van der Waals surface area contributed by atoms with Crippen LogP contribution in [0.15, 0.2) is 40.1 Å². The highest BCUT2D eigenvalue weighted by Gasteiger charge is 2.19. The largest absolute Gasteiger partial charge is 0.497 e. The number of rotatable bonds is 5. The van der Waals surface area contributed by atoms with Gasteiger partial charge >= 0.3 is 5.69 Å². The van der Waals surface area contributed by atoms with Crippen molar-refractivity contribution in [1.29, 1.82) is 0 Å². The molecule has 0 radical (unpaired) electrons. The molecular weight excluding hydrogens is 410 g/mol. The third-order valence-corrected chi connectivity index (χ3v) is 5.95. The van der Waals surface area contributed by atoms with Crippen molar-refractivity contribution in [3.63, 3.8) is 0 Å². The van der Waals surface area contributed by atoms with Gasteiger partial charge in [0.05, 0.1) is 7.11 Å². The van der Waals surface area contributed by atoms with E-state index in [2.05, 4.69) is 15.3 Å². The lowest BCUT2D eigenvalue weighted by atomic mass is 10.1. The average Bonchev–Trinajstić information content (AvgIpc) is 3.08. The number of ether oxygens (including phenoxy) is 1. The first-order chi connectivity index (χ1) is 15.5.